The molecule has 0 spiro atoms. The number of fused-ring (bicyclic) bond motifs is 1. The first kappa shape index (κ1) is 21.1. The maximum atomic E-state index is 15.1. The molecule has 1 aromatic carbocycles. The van der Waals surface area contributed by atoms with Gasteiger partial charge >= 0.3 is 0 Å². The number of rotatable bonds is 3. The van der Waals surface area contributed by atoms with Crippen molar-refractivity contribution >= 4 is 17.5 Å². The van der Waals surface area contributed by atoms with E-state index in [9.17, 15) is 9.59 Å². The van der Waals surface area contributed by atoms with Crippen molar-refractivity contribution in [3.8, 4) is 5.75 Å². The zero-order valence-electron chi connectivity index (χ0n) is 18.1. The van der Waals surface area contributed by atoms with Gasteiger partial charge in [-0.3, -0.25) is 9.59 Å². The van der Waals surface area contributed by atoms with E-state index in [0.29, 0.717) is 30.7 Å². The SMILES string of the molecule is CC(=O)N1CCCC(c2cc(F)c3c(c2)N(CC2CCCNC2C)C(=O)[C@@H](C)O3)C1. The van der Waals surface area contributed by atoms with E-state index < -0.39 is 11.9 Å². The van der Waals surface area contributed by atoms with Crippen LogP contribution in [0.5, 0.6) is 5.75 Å². The highest BCUT2D eigenvalue weighted by Crippen LogP contribution is 2.41. The summed E-state index contributed by atoms with van der Waals surface area (Å²) in [4.78, 5) is 28.4. The molecule has 30 heavy (non-hydrogen) atoms. The van der Waals surface area contributed by atoms with Crippen LogP contribution in [0.25, 0.3) is 0 Å². The molecule has 0 saturated carbocycles. The van der Waals surface area contributed by atoms with Crippen LogP contribution < -0.4 is 15.0 Å². The van der Waals surface area contributed by atoms with Crippen molar-refractivity contribution in [1.82, 2.24) is 10.2 Å². The third kappa shape index (κ3) is 4.04. The number of likely N-dealkylation sites (tertiary alicyclic amines) is 1. The molecule has 164 valence electrons. The van der Waals surface area contributed by atoms with Crippen LogP contribution in [0, 0.1) is 11.7 Å². The number of hydrogen-bond acceptors (Lipinski definition) is 4. The van der Waals surface area contributed by atoms with Crippen LogP contribution >= 0.6 is 0 Å². The molecule has 0 bridgehead atoms. The summed E-state index contributed by atoms with van der Waals surface area (Å²) in [5.74, 6) is 0.0457. The molecule has 1 aromatic rings. The molecule has 3 aliphatic rings. The molecule has 1 N–H and O–H groups in total. The molecule has 3 heterocycles. The summed E-state index contributed by atoms with van der Waals surface area (Å²) in [5.41, 5.74) is 1.37. The van der Waals surface area contributed by atoms with Gasteiger partial charge in [0.15, 0.2) is 17.7 Å². The highest BCUT2D eigenvalue weighted by Gasteiger charge is 2.37. The van der Waals surface area contributed by atoms with Crippen LogP contribution in [0.1, 0.15) is 57.9 Å². The van der Waals surface area contributed by atoms with Gasteiger partial charge in [-0.05, 0) is 69.7 Å². The number of nitrogens with zero attached hydrogens (tertiary/aromatic N) is 2. The number of carbonyl (C=O) groups excluding carboxylic acids is 2. The molecular weight excluding hydrogens is 385 g/mol. The number of benzene rings is 1. The predicted octanol–water partition coefficient (Wildman–Crippen LogP) is 3.05. The predicted molar refractivity (Wildman–Crippen MR) is 113 cm³/mol. The number of piperidine rings is 2. The van der Waals surface area contributed by atoms with E-state index in [1.54, 1.807) is 18.7 Å². The van der Waals surface area contributed by atoms with Crippen molar-refractivity contribution in [3.63, 3.8) is 0 Å². The second-order valence-electron chi connectivity index (χ2n) is 9.01. The average Bonchev–Trinajstić information content (AvgIpc) is 2.73. The summed E-state index contributed by atoms with van der Waals surface area (Å²) in [7, 11) is 0. The Kier molecular flexibility index (Phi) is 6.00. The third-order valence-corrected chi connectivity index (χ3v) is 6.93. The second-order valence-corrected chi connectivity index (χ2v) is 9.01. The van der Waals surface area contributed by atoms with E-state index in [1.165, 1.54) is 6.07 Å². The second kappa shape index (κ2) is 8.53. The Morgan fingerprint density at radius 3 is 2.80 bits per heavy atom. The van der Waals surface area contributed by atoms with Gasteiger partial charge in [0.1, 0.15) is 0 Å². The molecule has 2 amide bonds. The normalized spacial score (nSPS) is 29.4. The fraction of sp³-hybridized carbons (Fsp3) is 0.652. The Morgan fingerprint density at radius 1 is 1.27 bits per heavy atom. The number of carbonyl (C=O) groups is 2. The van der Waals surface area contributed by atoms with Gasteiger partial charge in [-0.25, -0.2) is 4.39 Å². The van der Waals surface area contributed by atoms with Gasteiger partial charge in [0.05, 0.1) is 5.69 Å². The standard InChI is InChI=1S/C23H32FN3O3/c1-14-17(6-4-8-25-14)13-27-21-11-19(18-7-5-9-26(12-18)16(3)28)10-20(24)22(21)30-15(2)23(27)29/h10-11,14-15,17-18,25H,4-9,12-13H2,1-3H3/t14?,15-,17?,18?/m1/s1. The molecule has 0 aliphatic carbocycles. The zero-order valence-corrected chi connectivity index (χ0v) is 18.1. The van der Waals surface area contributed by atoms with E-state index in [0.717, 1.165) is 44.3 Å². The van der Waals surface area contributed by atoms with Crippen LogP contribution in [0.2, 0.25) is 0 Å². The lowest BCUT2D eigenvalue weighted by molar-refractivity contribution is -0.130. The Hall–Kier alpha value is -2.15. The first-order chi connectivity index (χ1) is 14.3. The molecule has 0 aromatic heterocycles. The maximum Gasteiger partial charge on any atom is 0.267 e. The van der Waals surface area contributed by atoms with E-state index in [4.69, 9.17) is 4.74 Å². The van der Waals surface area contributed by atoms with Gasteiger partial charge in [0, 0.05) is 38.5 Å². The number of amides is 2. The Balaban J connectivity index is 1.66. The average molecular weight is 418 g/mol. The third-order valence-electron chi connectivity index (χ3n) is 6.93. The van der Waals surface area contributed by atoms with Gasteiger partial charge in [-0.15, -0.1) is 0 Å². The van der Waals surface area contributed by atoms with Crippen molar-refractivity contribution < 1.29 is 18.7 Å². The molecule has 2 fully saturated rings. The summed E-state index contributed by atoms with van der Waals surface area (Å²) >= 11 is 0. The van der Waals surface area contributed by atoms with Gasteiger partial charge < -0.3 is 19.9 Å². The van der Waals surface area contributed by atoms with Crippen LogP contribution in [0.3, 0.4) is 0 Å². The molecule has 3 aliphatic heterocycles. The number of hydrogen-bond donors (Lipinski definition) is 1. The van der Waals surface area contributed by atoms with Gasteiger partial charge in [-0.2, -0.15) is 0 Å². The van der Waals surface area contributed by atoms with E-state index in [-0.39, 0.29) is 23.5 Å². The van der Waals surface area contributed by atoms with Crippen LogP contribution in [0.15, 0.2) is 12.1 Å². The lowest BCUT2D eigenvalue weighted by atomic mass is 9.88. The monoisotopic (exact) mass is 417 g/mol. The van der Waals surface area contributed by atoms with Crippen molar-refractivity contribution in [2.75, 3.05) is 31.1 Å². The largest absolute Gasteiger partial charge is 0.476 e. The molecule has 7 heteroatoms. The highest BCUT2D eigenvalue weighted by molar-refractivity contribution is 6.00. The molecule has 3 unspecified atom stereocenters. The number of ether oxygens (including phenoxy) is 1. The Morgan fingerprint density at radius 2 is 2.07 bits per heavy atom. The van der Waals surface area contributed by atoms with Crippen molar-refractivity contribution in [2.24, 2.45) is 5.92 Å². The zero-order chi connectivity index (χ0) is 21.4. The molecule has 4 atom stereocenters. The smallest absolute Gasteiger partial charge is 0.267 e. The minimum Gasteiger partial charge on any atom is -0.476 e. The van der Waals surface area contributed by atoms with Gasteiger partial charge in [0.2, 0.25) is 5.91 Å². The first-order valence-electron chi connectivity index (χ1n) is 11.2. The molecule has 4 rings (SSSR count). The summed E-state index contributed by atoms with van der Waals surface area (Å²) in [6.07, 6.45) is 3.21. The summed E-state index contributed by atoms with van der Waals surface area (Å²) in [6.45, 7) is 8.29. The number of nitrogens with one attached hydrogen (secondary N) is 1. The van der Waals surface area contributed by atoms with Crippen molar-refractivity contribution in [2.45, 2.75) is 64.5 Å². The van der Waals surface area contributed by atoms with E-state index in [1.807, 2.05) is 11.0 Å². The molecular formula is C23H32FN3O3. The Bertz CT molecular complexity index is 830. The van der Waals surface area contributed by atoms with Crippen molar-refractivity contribution in [3.05, 3.63) is 23.5 Å². The van der Waals surface area contributed by atoms with E-state index >= 15 is 4.39 Å². The minimum atomic E-state index is -0.701. The van der Waals surface area contributed by atoms with Crippen molar-refractivity contribution in [1.29, 1.82) is 0 Å². The summed E-state index contributed by atoms with van der Waals surface area (Å²) in [6, 6.07) is 3.75. The topological polar surface area (TPSA) is 61.9 Å². The first-order valence-corrected chi connectivity index (χ1v) is 11.2. The summed E-state index contributed by atoms with van der Waals surface area (Å²) < 4.78 is 20.8. The van der Waals surface area contributed by atoms with Crippen LogP contribution in [-0.2, 0) is 9.59 Å². The van der Waals surface area contributed by atoms with Gasteiger partial charge in [0.25, 0.3) is 5.91 Å². The summed E-state index contributed by atoms with van der Waals surface area (Å²) in [5, 5.41) is 3.48. The molecule has 6 nitrogen and oxygen atoms in total. The Labute approximate surface area is 177 Å². The van der Waals surface area contributed by atoms with Gasteiger partial charge in [-0.1, -0.05) is 0 Å². The van der Waals surface area contributed by atoms with Crippen LogP contribution in [0.4, 0.5) is 10.1 Å². The lowest BCUT2D eigenvalue weighted by Crippen LogP contribution is -2.51. The quantitative estimate of drug-likeness (QED) is 0.821. The molecule has 0 radical (unpaired) electrons. The maximum absolute atomic E-state index is 15.1. The van der Waals surface area contributed by atoms with Crippen LogP contribution in [-0.4, -0.2) is 55.0 Å². The number of halogens is 1. The minimum absolute atomic E-state index is 0.0471. The van der Waals surface area contributed by atoms with E-state index in [2.05, 4.69) is 12.2 Å². The fourth-order valence-electron chi connectivity index (χ4n) is 5.04. The molecule has 2 saturated heterocycles. The number of anilines is 1. The fourth-order valence-corrected chi connectivity index (χ4v) is 5.04. The highest BCUT2D eigenvalue weighted by atomic mass is 19.1. The lowest BCUT2D eigenvalue weighted by Gasteiger charge is -2.39.